The first kappa shape index (κ1) is 16.6. The number of aliphatic hydroxyl groups is 1. The first-order valence-electron chi connectivity index (χ1n) is 8.41. The van der Waals surface area contributed by atoms with Crippen molar-refractivity contribution in [2.45, 2.75) is 25.7 Å². The largest absolute Gasteiger partial charge is 0.503 e. The Labute approximate surface area is 141 Å². The second-order valence-electron chi connectivity index (χ2n) is 6.48. The lowest BCUT2D eigenvalue weighted by Crippen LogP contribution is -2.21. The second kappa shape index (κ2) is 7.53. The van der Waals surface area contributed by atoms with Gasteiger partial charge in [-0.2, -0.15) is 0 Å². The van der Waals surface area contributed by atoms with Crippen LogP contribution in [0.1, 0.15) is 25.7 Å². The van der Waals surface area contributed by atoms with Crippen LogP contribution in [0.4, 0.5) is 0 Å². The van der Waals surface area contributed by atoms with Gasteiger partial charge in [0.25, 0.3) is 0 Å². The van der Waals surface area contributed by atoms with Crippen LogP contribution in [0.2, 0.25) is 0 Å². The molecule has 1 saturated carbocycles. The van der Waals surface area contributed by atoms with Gasteiger partial charge in [-0.3, -0.25) is 4.79 Å². The number of benzene rings is 1. The Balaban J connectivity index is 1.57. The minimum atomic E-state index is -0.387. The molecule has 1 heterocycles. The number of hydrogen-bond donors (Lipinski definition) is 2. The highest BCUT2D eigenvalue weighted by Gasteiger charge is 2.20. The first-order chi connectivity index (χ1) is 11.7. The second-order valence-corrected chi connectivity index (χ2v) is 6.48. The van der Waals surface area contributed by atoms with Crippen LogP contribution in [-0.4, -0.2) is 28.0 Å². The van der Waals surface area contributed by atoms with Crippen molar-refractivity contribution in [3.8, 4) is 17.2 Å². The van der Waals surface area contributed by atoms with E-state index in [4.69, 9.17) is 4.74 Å². The Morgan fingerprint density at radius 3 is 2.33 bits per heavy atom. The molecule has 5 nitrogen and oxygen atoms in total. The quantitative estimate of drug-likeness (QED) is 0.885. The van der Waals surface area contributed by atoms with Crippen molar-refractivity contribution in [2.24, 2.45) is 11.8 Å². The predicted molar refractivity (Wildman–Crippen MR) is 91.7 cm³/mol. The molecule has 3 rings (SSSR count). The van der Waals surface area contributed by atoms with Gasteiger partial charge in [-0.05, 0) is 61.8 Å². The van der Waals surface area contributed by atoms with Crippen molar-refractivity contribution in [1.29, 1.82) is 0 Å². The van der Waals surface area contributed by atoms with Gasteiger partial charge in [-0.25, -0.2) is 0 Å². The molecule has 0 bridgehead atoms. The number of ether oxygens (including phenoxy) is 1. The van der Waals surface area contributed by atoms with Gasteiger partial charge in [0.2, 0.25) is 5.43 Å². The Kier molecular flexibility index (Phi) is 5.20. The highest BCUT2D eigenvalue weighted by atomic mass is 16.5. The molecule has 0 radical (unpaired) electrons. The molecular weight excluding hydrogens is 306 g/mol. The molecule has 0 saturated heterocycles. The zero-order chi connectivity index (χ0) is 16.9. The summed E-state index contributed by atoms with van der Waals surface area (Å²) in [6.45, 7) is 1.01. The number of aromatic hydroxyl groups is 1. The average Bonchev–Trinajstić information content (AvgIpc) is 2.63. The number of aromatic nitrogens is 1. The predicted octanol–water partition coefficient (Wildman–Crippen LogP) is 2.72. The third-order valence-corrected chi connectivity index (χ3v) is 4.75. The topological polar surface area (TPSA) is 71.7 Å². The summed E-state index contributed by atoms with van der Waals surface area (Å²) in [5.74, 6) is 1.57. The first-order valence-corrected chi connectivity index (χ1v) is 8.41. The normalized spacial score (nSPS) is 20.7. The number of nitrogens with zero attached hydrogens (tertiary/aromatic N) is 1. The molecule has 1 fully saturated rings. The van der Waals surface area contributed by atoms with E-state index in [9.17, 15) is 15.0 Å². The standard InChI is InChI=1S/C19H23NO4/c21-12-14-1-3-15(4-2-14)13-24-17-7-5-16(6-8-17)20-10-9-18(22)19(23)11-20/h5-11,14-15,21,23H,1-4,12-13H2. The number of hydrogen-bond acceptors (Lipinski definition) is 4. The Bertz CT molecular complexity index is 715. The Hall–Kier alpha value is -2.27. The van der Waals surface area contributed by atoms with E-state index in [0.29, 0.717) is 25.0 Å². The summed E-state index contributed by atoms with van der Waals surface area (Å²) in [4.78, 5) is 11.2. The van der Waals surface area contributed by atoms with E-state index in [-0.39, 0.29) is 11.2 Å². The molecular formula is C19H23NO4. The third-order valence-electron chi connectivity index (χ3n) is 4.75. The van der Waals surface area contributed by atoms with Gasteiger partial charge in [0.05, 0.1) is 12.8 Å². The summed E-state index contributed by atoms with van der Waals surface area (Å²) < 4.78 is 7.57. The van der Waals surface area contributed by atoms with Crippen molar-refractivity contribution in [3.63, 3.8) is 0 Å². The van der Waals surface area contributed by atoms with E-state index in [1.165, 1.54) is 12.3 Å². The summed E-state index contributed by atoms with van der Waals surface area (Å²) in [6.07, 6.45) is 7.41. The zero-order valence-electron chi connectivity index (χ0n) is 13.6. The average molecular weight is 329 g/mol. The van der Waals surface area contributed by atoms with Crippen LogP contribution in [0.3, 0.4) is 0 Å². The maximum Gasteiger partial charge on any atom is 0.223 e. The number of rotatable bonds is 5. The summed E-state index contributed by atoms with van der Waals surface area (Å²) in [7, 11) is 0. The molecule has 5 heteroatoms. The van der Waals surface area contributed by atoms with Crippen LogP contribution in [0.15, 0.2) is 47.5 Å². The van der Waals surface area contributed by atoms with Gasteiger partial charge in [0.15, 0.2) is 5.75 Å². The molecule has 0 amide bonds. The summed E-state index contributed by atoms with van der Waals surface area (Å²) in [5.41, 5.74) is 0.461. The Morgan fingerprint density at radius 2 is 1.71 bits per heavy atom. The van der Waals surface area contributed by atoms with Gasteiger partial charge in [0, 0.05) is 24.6 Å². The van der Waals surface area contributed by atoms with Crippen molar-refractivity contribution in [3.05, 3.63) is 52.9 Å². The molecule has 2 aromatic rings. The van der Waals surface area contributed by atoms with Crippen LogP contribution in [-0.2, 0) is 0 Å². The molecule has 0 aliphatic heterocycles. The lowest BCUT2D eigenvalue weighted by atomic mass is 9.83. The molecule has 2 N–H and O–H groups in total. The van der Waals surface area contributed by atoms with Gasteiger partial charge in [-0.15, -0.1) is 0 Å². The van der Waals surface area contributed by atoms with E-state index in [1.54, 1.807) is 10.8 Å². The minimum Gasteiger partial charge on any atom is -0.503 e. The molecule has 1 aromatic carbocycles. The third kappa shape index (κ3) is 3.97. The van der Waals surface area contributed by atoms with Crippen molar-refractivity contribution in [1.82, 2.24) is 4.57 Å². The summed E-state index contributed by atoms with van der Waals surface area (Å²) in [6, 6.07) is 8.90. The number of pyridine rings is 1. The fraction of sp³-hybridized carbons (Fsp3) is 0.421. The van der Waals surface area contributed by atoms with E-state index in [2.05, 4.69) is 0 Å². The van der Waals surface area contributed by atoms with Crippen molar-refractivity contribution >= 4 is 0 Å². The van der Waals surface area contributed by atoms with Crippen LogP contribution in [0.5, 0.6) is 11.5 Å². The highest BCUT2D eigenvalue weighted by molar-refractivity contribution is 5.38. The minimum absolute atomic E-state index is 0.267. The maximum atomic E-state index is 11.2. The van der Waals surface area contributed by atoms with Gasteiger partial charge < -0.3 is 19.5 Å². The van der Waals surface area contributed by atoms with E-state index >= 15 is 0 Å². The fourth-order valence-corrected chi connectivity index (χ4v) is 3.14. The molecule has 1 aromatic heterocycles. The lowest BCUT2D eigenvalue weighted by molar-refractivity contribution is 0.139. The van der Waals surface area contributed by atoms with Gasteiger partial charge in [0.1, 0.15) is 5.75 Å². The summed E-state index contributed by atoms with van der Waals surface area (Å²) >= 11 is 0. The van der Waals surface area contributed by atoms with Gasteiger partial charge in [-0.1, -0.05) is 0 Å². The van der Waals surface area contributed by atoms with Gasteiger partial charge >= 0.3 is 0 Å². The van der Waals surface area contributed by atoms with E-state index < -0.39 is 0 Å². The highest BCUT2D eigenvalue weighted by Crippen LogP contribution is 2.29. The molecule has 24 heavy (non-hydrogen) atoms. The molecule has 0 unspecified atom stereocenters. The van der Waals surface area contributed by atoms with Crippen molar-refractivity contribution in [2.75, 3.05) is 13.2 Å². The lowest BCUT2D eigenvalue weighted by Gasteiger charge is -2.27. The van der Waals surface area contributed by atoms with Crippen LogP contribution in [0.25, 0.3) is 5.69 Å². The zero-order valence-corrected chi connectivity index (χ0v) is 13.6. The van der Waals surface area contributed by atoms with Crippen LogP contribution >= 0.6 is 0 Å². The SMILES string of the molecule is O=c1ccn(-c2ccc(OCC3CCC(CO)CC3)cc2)cc1O. The molecule has 1 aliphatic carbocycles. The Morgan fingerprint density at radius 1 is 1.04 bits per heavy atom. The van der Waals surface area contributed by atoms with Crippen LogP contribution < -0.4 is 10.2 Å². The van der Waals surface area contributed by atoms with Crippen molar-refractivity contribution < 1.29 is 14.9 Å². The molecule has 0 spiro atoms. The molecule has 0 atom stereocenters. The monoisotopic (exact) mass is 329 g/mol. The maximum absolute atomic E-state index is 11.2. The van der Waals surface area contributed by atoms with E-state index in [1.807, 2.05) is 24.3 Å². The fourth-order valence-electron chi connectivity index (χ4n) is 3.14. The van der Waals surface area contributed by atoms with Crippen LogP contribution in [0, 0.1) is 11.8 Å². The molecule has 1 aliphatic rings. The van der Waals surface area contributed by atoms with E-state index in [0.717, 1.165) is 37.1 Å². The molecule has 128 valence electrons. The number of aliphatic hydroxyl groups excluding tert-OH is 1. The smallest absolute Gasteiger partial charge is 0.223 e. The summed E-state index contributed by atoms with van der Waals surface area (Å²) in [5, 5.41) is 18.7.